The van der Waals surface area contributed by atoms with E-state index in [0.717, 1.165) is 11.0 Å². The van der Waals surface area contributed by atoms with Gasteiger partial charge in [-0.05, 0) is 24.3 Å². The number of halogens is 1. The van der Waals surface area contributed by atoms with Crippen molar-refractivity contribution in [1.82, 2.24) is 14.5 Å². The van der Waals surface area contributed by atoms with Gasteiger partial charge in [0, 0.05) is 12.4 Å². The minimum absolute atomic E-state index is 0.412. The summed E-state index contributed by atoms with van der Waals surface area (Å²) in [5.41, 5.74) is 1.65. The molecule has 2 aromatic heterocycles. The van der Waals surface area contributed by atoms with Crippen molar-refractivity contribution in [2.75, 3.05) is 0 Å². The average Bonchev–Trinajstić information content (AvgIpc) is 2.81. The molecule has 1 aromatic carbocycles. The minimum atomic E-state index is 0.412. The van der Waals surface area contributed by atoms with Gasteiger partial charge in [0.1, 0.15) is 0 Å². The molecule has 0 atom stereocenters. The van der Waals surface area contributed by atoms with Crippen LogP contribution in [0.2, 0.25) is 5.15 Å². The fourth-order valence-corrected chi connectivity index (χ4v) is 1.84. The molecule has 3 aromatic rings. The highest BCUT2D eigenvalue weighted by molar-refractivity contribution is 6.31. The highest BCUT2D eigenvalue weighted by atomic mass is 35.5. The molecule has 0 bridgehead atoms. The van der Waals surface area contributed by atoms with Crippen LogP contribution in [-0.4, -0.2) is 14.5 Å². The molecule has 0 amide bonds. The zero-order valence-corrected chi connectivity index (χ0v) is 9.09. The van der Waals surface area contributed by atoms with Gasteiger partial charge in [0.15, 0.2) is 11.0 Å². The second kappa shape index (κ2) is 3.61. The maximum Gasteiger partial charge on any atom is 0.175 e. The molecule has 0 radical (unpaired) electrons. The predicted octanol–water partition coefficient (Wildman–Crippen LogP) is 3.07. The van der Waals surface area contributed by atoms with Crippen LogP contribution in [0.1, 0.15) is 0 Å². The third-order valence-corrected chi connectivity index (χ3v) is 2.61. The van der Waals surface area contributed by atoms with Gasteiger partial charge in [-0.15, -0.1) is 0 Å². The Morgan fingerprint density at radius 1 is 0.875 bits per heavy atom. The van der Waals surface area contributed by atoms with Crippen molar-refractivity contribution >= 4 is 22.6 Å². The van der Waals surface area contributed by atoms with Gasteiger partial charge < -0.3 is 4.57 Å². The number of fused-ring (bicyclic) bond motifs is 1. The SMILES string of the molecule is Clc1nc2ccccc2nc1-n1cccc1. The molecule has 0 saturated heterocycles. The molecule has 0 spiro atoms. The summed E-state index contributed by atoms with van der Waals surface area (Å²) in [7, 11) is 0. The van der Waals surface area contributed by atoms with E-state index in [1.807, 2.05) is 53.4 Å². The zero-order chi connectivity index (χ0) is 11.0. The molecular formula is C12H8ClN3. The molecule has 78 valence electrons. The summed E-state index contributed by atoms with van der Waals surface area (Å²) < 4.78 is 1.85. The fourth-order valence-electron chi connectivity index (χ4n) is 1.61. The van der Waals surface area contributed by atoms with Crippen molar-refractivity contribution in [3.63, 3.8) is 0 Å². The molecule has 0 aliphatic heterocycles. The summed E-state index contributed by atoms with van der Waals surface area (Å²) in [6.07, 6.45) is 3.79. The van der Waals surface area contributed by atoms with Crippen molar-refractivity contribution in [1.29, 1.82) is 0 Å². The second-order valence-corrected chi connectivity index (χ2v) is 3.78. The van der Waals surface area contributed by atoms with Gasteiger partial charge in [-0.25, -0.2) is 9.97 Å². The van der Waals surface area contributed by atoms with E-state index in [1.54, 1.807) is 0 Å². The summed E-state index contributed by atoms with van der Waals surface area (Å²) in [5.74, 6) is 0.658. The predicted molar refractivity (Wildman–Crippen MR) is 63.9 cm³/mol. The lowest BCUT2D eigenvalue weighted by Crippen LogP contribution is -1.98. The lowest BCUT2D eigenvalue weighted by molar-refractivity contribution is 1.01. The topological polar surface area (TPSA) is 30.7 Å². The van der Waals surface area contributed by atoms with Crippen molar-refractivity contribution in [3.05, 3.63) is 53.9 Å². The molecule has 3 rings (SSSR count). The van der Waals surface area contributed by atoms with Crippen LogP contribution < -0.4 is 0 Å². The van der Waals surface area contributed by atoms with Crippen LogP contribution in [0.4, 0.5) is 0 Å². The van der Waals surface area contributed by atoms with E-state index in [-0.39, 0.29) is 0 Å². The monoisotopic (exact) mass is 229 g/mol. The van der Waals surface area contributed by atoms with E-state index in [1.165, 1.54) is 0 Å². The molecule has 0 N–H and O–H groups in total. The first-order valence-corrected chi connectivity index (χ1v) is 5.28. The van der Waals surface area contributed by atoms with E-state index in [4.69, 9.17) is 11.6 Å². The third kappa shape index (κ3) is 1.46. The van der Waals surface area contributed by atoms with Gasteiger partial charge in [-0.2, -0.15) is 0 Å². The maximum atomic E-state index is 6.10. The number of benzene rings is 1. The van der Waals surface area contributed by atoms with Gasteiger partial charge in [0.05, 0.1) is 11.0 Å². The Labute approximate surface area is 97.3 Å². The molecule has 0 aliphatic carbocycles. The molecule has 2 heterocycles. The van der Waals surface area contributed by atoms with E-state index in [2.05, 4.69) is 9.97 Å². The van der Waals surface area contributed by atoms with Gasteiger partial charge in [0.25, 0.3) is 0 Å². The highest BCUT2D eigenvalue weighted by Gasteiger charge is 2.07. The van der Waals surface area contributed by atoms with Gasteiger partial charge >= 0.3 is 0 Å². The summed E-state index contributed by atoms with van der Waals surface area (Å²) in [5, 5.41) is 0.412. The van der Waals surface area contributed by atoms with Gasteiger partial charge in [-0.1, -0.05) is 23.7 Å². The lowest BCUT2D eigenvalue weighted by atomic mass is 10.3. The number of rotatable bonds is 1. The van der Waals surface area contributed by atoms with Crippen LogP contribution in [0, 0.1) is 0 Å². The Kier molecular flexibility index (Phi) is 2.11. The van der Waals surface area contributed by atoms with E-state index in [0.29, 0.717) is 11.0 Å². The van der Waals surface area contributed by atoms with Gasteiger partial charge in [-0.3, -0.25) is 0 Å². The molecule has 4 heteroatoms. The quantitative estimate of drug-likeness (QED) is 0.642. The van der Waals surface area contributed by atoms with Crippen LogP contribution in [0.3, 0.4) is 0 Å². The largest absolute Gasteiger partial charge is 0.306 e. The number of hydrogen-bond donors (Lipinski definition) is 0. The Balaban J connectivity index is 2.30. The zero-order valence-electron chi connectivity index (χ0n) is 8.34. The minimum Gasteiger partial charge on any atom is -0.306 e. The molecule has 0 fully saturated rings. The van der Waals surface area contributed by atoms with E-state index < -0.39 is 0 Å². The summed E-state index contributed by atoms with van der Waals surface area (Å²) in [6, 6.07) is 11.5. The lowest BCUT2D eigenvalue weighted by Gasteiger charge is -2.05. The van der Waals surface area contributed by atoms with Crippen LogP contribution in [-0.2, 0) is 0 Å². The third-order valence-electron chi connectivity index (χ3n) is 2.36. The maximum absolute atomic E-state index is 6.10. The highest BCUT2D eigenvalue weighted by Crippen LogP contribution is 2.19. The van der Waals surface area contributed by atoms with Crippen molar-refractivity contribution < 1.29 is 0 Å². The first kappa shape index (κ1) is 9.36. The Bertz CT molecular complexity index is 632. The van der Waals surface area contributed by atoms with Crippen LogP contribution in [0.5, 0.6) is 0 Å². The molecule has 0 aliphatic rings. The first-order chi connectivity index (χ1) is 7.84. The summed E-state index contributed by atoms with van der Waals surface area (Å²) in [4.78, 5) is 8.80. The van der Waals surface area contributed by atoms with E-state index in [9.17, 15) is 0 Å². The molecular weight excluding hydrogens is 222 g/mol. The second-order valence-electron chi connectivity index (χ2n) is 3.42. The number of hydrogen-bond acceptors (Lipinski definition) is 2. The normalized spacial score (nSPS) is 10.8. The standard InChI is InChI=1S/C12H8ClN3/c13-11-12(16-7-3-4-8-16)15-10-6-2-1-5-9(10)14-11/h1-8H. The van der Waals surface area contributed by atoms with Crippen LogP contribution >= 0.6 is 11.6 Å². The fraction of sp³-hybridized carbons (Fsp3) is 0. The van der Waals surface area contributed by atoms with Crippen molar-refractivity contribution in [3.8, 4) is 5.82 Å². The van der Waals surface area contributed by atoms with Crippen LogP contribution in [0.15, 0.2) is 48.8 Å². The Hall–Kier alpha value is -1.87. The Morgan fingerprint density at radius 2 is 1.50 bits per heavy atom. The van der Waals surface area contributed by atoms with Crippen molar-refractivity contribution in [2.45, 2.75) is 0 Å². The van der Waals surface area contributed by atoms with Crippen LogP contribution in [0.25, 0.3) is 16.9 Å². The molecule has 16 heavy (non-hydrogen) atoms. The van der Waals surface area contributed by atoms with Crippen molar-refractivity contribution in [2.24, 2.45) is 0 Å². The van der Waals surface area contributed by atoms with Gasteiger partial charge in [0.2, 0.25) is 0 Å². The number of aromatic nitrogens is 3. The van der Waals surface area contributed by atoms with E-state index >= 15 is 0 Å². The first-order valence-electron chi connectivity index (χ1n) is 4.90. The number of para-hydroxylation sites is 2. The summed E-state index contributed by atoms with van der Waals surface area (Å²) >= 11 is 6.10. The average molecular weight is 230 g/mol. The molecule has 0 unspecified atom stereocenters. The molecule has 3 nitrogen and oxygen atoms in total. The summed E-state index contributed by atoms with van der Waals surface area (Å²) in [6.45, 7) is 0. The Morgan fingerprint density at radius 3 is 2.19 bits per heavy atom. The smallest absolute Gasteiger partial charge is 0.175 e. The molecule has 0 saturated carbocycles. The number of nitrogens with zero attached hydrogens (tertiary/aromatic N) is 3.